The average Bonchev–Trinajstić information content (AvgIpc) is 2.69. The molecule has 1 aromatic carbocycles. The lowest BCUT2D eigenvalue weighted by Gasteiger charge is -2.34. The van der Waals surface area contributed by atoms with Gasteiger partial charge in [0.05, 0.1) is 22.3 Å². The van der Waals surface area contributed by atoms with E-state index in [1.54, 1.807) is 36.5 Å². The van der Waals surface area contributed by atoms with Crippen molar-refractivity contribution in [2.24, 2.45) is 0 Å². The maximum Gasteiger partial charge on any atom is 0.256 e. The van der Waals surface area contributed by atoms with Gasteiger partial charge in [0.15, 0.2) is 0 Å². The Morgan fingerprint density at radius 3 is 2.21 bits per heavy atom. The highest BCUT2D eigenvalue weighted by Gasteiger charge is 2.19. The molecule has 3 rings (SSSR count). The Labute approximate surface area is 175 Å². The number of benzene rings is 1. The zero-order valence-electron chi connectivity index (χ0n) is 15.9. The first-order valence-electron chi connectivity index (χ1n) is 9.39. The number of hydrogen-bond donors (Lipinski definition) is 0. The van der Waals surface area contributed by atoms with Crippen LogP contribution < -0.4 is 5.56 Å². The Morgan fingerprint density at radius 2 is 1.54 bits per heavy atom. The second-order valence-electron chi connectivity index (χ2n) is 6.59. The summed E-state index contributed by atoms with van der Waals surface area (Å²) < 4.78 is 1.52. The zero-order valence-corrected chi connectivity index (χ0v) is 17.4. The van der Waals surface area contributed by atoms with Crippen LogP contribution in [0.3, 0.4) is 0 Å². The van der Waals surface area contributed by atoms with Gasteiger partial charge in [-0.15, -0.1) is 0 Å². The van der Waals surface area contributed by atoms with Gasteiger partial charge in [0.25, 0.3) is 5.56 Å². The molecule has 2 heterocycles. The summed E-state index contributed by atoms with van der Waals surface area (Å²) in [4.78, 5) is 22.3. The number of rotatable bonds is 4. The first kappa shape index (κ1) is 20.8. The molecule has 1 saturated heterocycles. The van der Waals surface area contributed by atoms with E-state index >= 15 is 0 Å². The van der Waals surface area contributed by atoms with E-state index in [1.807, 2.05) is 12.1 Å². The second kappa shape index (κ2) is 10.0. The van der Waals surface area contributed by atoms with Gasteiger partial charge in [-0.1, -0.05) is 54.4 Å². The van der Waals surface area contributed by atoms with Crippen LogP contribution in [0.25, 0.3) is 5.69 Å². The molecule has 0 spiro atoms. The number of para-hydroxylation sites is 1. The van der Waals surface area contributed by atoms with E-state index in [9.17, 15) is 4.79 Å². The van der Waals surface area contributed by atoms with Crippen molar-refractivity contribution in [2.75, 3.05) is 32.7 Å². The van der Waals surface area contributed by atoms with Gasteiger partial charge in [0.1, 0.15) is 5.82 Å². The first-order chi connectivity index (χ1) is 13.6. The number of likely N-dealkylation sites (N-methyl/N-ethyl adjacent to an activating group) is 1. The quantitative estimate of drug-likeness (QED) is 0.756. The topological polar surface area (TPSA) is 41.4 Å². The molecule has 1 fully saturated rings. The summed E-state index contributed by atoms with van der Waals surface area (Å²) in [5, 5.41) is 0.823. The number of halogens is 2. The van der Waals surface area contributed by atoms with E-state index in [0.29, 0.717) is 28.1 Å². The van der Waals surface area contributed by atoms with Crippen molar-refractivity contribution in [3.8, 4) is 5.69 Å². The maximum absolute atomic E-state index is 13.0. The van der Waals surface area contributed by atoms with Crippen LogP contribution in [0.2, 0.25) is 10.0 Å². The Morgan fingerprint density at radius 1 is 0.893 bits per heavy atom. The Bertz CT molecular complexity index is 902. The van der Waals surface area contributed by atoms with Gasteiger partial charge in [0, 0.05) is 38.4 Å². The molecule has 1 aliphatic rings. The fourth-order valence-electron chi connectivity index (χ4n) is 3.22. The molecule has 0 radical (unpaired) electrons. The molecule has 1 aromatic heterocycles. The maximum atomic E-state index is 13.0. The van der Waals surface area contributed by atoms with Gasteiger partial charge in [0.2, 0.25) is 0 Å². The predicted octanol–water partition coefficient (Wildman–Crippen LogP) is 3.80. The third kappa shape index (κ3) is 5.11. The van der Waals surface area contributed by atoms with E-state index in [1.165, 1.54) is 10.6 Å². The molecule has 0 saturated carbocycles. The van der Waals surface area contributed by atoms with Crippen LogP contribution in [0.15, 0.2) is 59.5 Å². The van der Waals surface area contributed by atoms with Crippen molar-refractivity contribution < 1.29 is 0 Å². The zero-order chi connectivity index (χ0) is 19.9. The van der Waals surface area contributed by atoms with E-state index in [0.717, 1.165) is 32.7 Å². The van der Waals surface area contributed by atoms with E-state index < -0.39 is 0 Å². The lowest BCUT2D eigenvalue weighted by Crippen LogP contribution is -2.46. The minimum absolute atomic E-state index is 0.235. The van der Waals surface area contributed by atoms with Crippen LogP contribution in [-0.4, -0.2) is 52.1 Å². The molecule has 0 N–H and O–H groups in total. The highest BCUT2D eigenvalue weighted by atomic mass is 35.5. The molecule has 1 aliphatic heterocycles. The molecule has 5 nitrogen and oxygen atoms in total. The van der Waals surface area contributed by atoms with E-state index in [4.69, 9.17) is 23.2 Å². The Balaban J connectivity index is 2.12. The van der Waals surface area contributed by atoms with Crippen LogP contribution in [0.4, 0.5) is 0 Å². The lowest BCUT2D eigenvalue weighted by atomic mass is 10.3. The van der Waals surface area contributed by atoms with Crippen molar-refractivity contribution in [3.63, 3.8) is 0 Å². The molecule has 28 heavy (non-hydrogen) atoms. The van der Waals surface area contributed by atoms with Gasteiger partial charge < -0.3 is 4.90 Å². The monoisotopic (exact) mass is 418 g/mol. The fraction of sp³-hybridized carbons (Fsp3) is 0.333. The van der Waals surface area contributed by atoms with Gasteiger partial charge in [-0.3, -0.25) is 14.3 Å². The van der Waals surface area contributed by atoms with Gasteiger partial charge >= 0.3 is 0 Å². The predicted molar refractivity (Wildman–Crippen MR) is 115 cm³/mol. The van der Waals surface area contributed by atoms with Crippen molar-refractivity contribution in [3.05, 3.63) is 81.0 Å². The molecule has 0 atom stereocenters. The van der Waals surface area contributed by atoms with Crippen molar-refractivity contribution in [2.45, 2.75) is 13.5 Å². The smallest absolute Gasteiger partial charge is 0.256 e. The molecule has 2 aromatic rings. The lowest BCUT2D eigenvalue weighted by molar-refractivity contribution is 0.129. The minimum atomic E-state index is -0.235. The minimum Gasteiger partial charge on any atom is -0.301 e. The van der Waals surface area contributed by atoms with Gasteiger partial charge in [-0.05, 0) is 24.7 Å². The Hall–Kier alpha value is -1.92. The van der Waals surface area contributed by atoms with Crippen LogP contribution in [0.1, 0.15) is 12.7 Å². The number of hydrogen-bond acceptors (Lipinski definition) is 4. The van der Waals surface area contributed by atoms with Crippen molar-refractivity contribution in [1.29, 1.82) is 0 Å². The summed E-state index contributed by atoms with van der Waals surface area (Å²) in [5.74, 6) is 0.598. The molecule has 0 aliphatic carbocycles. The summed E-state index contributed by atoms with van der Waals surface area (Å²) >= 11 is 12.9. The SMILES string of the molecule is CCN1CCN(Cc2nccccccc(=O)n2-c2c(Cl)cccc2Cl)CC1. The highest BCUT2D eigenvalue weighted by Crippen LogP contribution is 2.28. The van der Waals surface area contributed by atoms with Crippen LogP contribution in [0.5, 0.6) is 0 Å². The van der Waals surface area contributed by atoms with E-state index in [2.05, 4.69) is 21.7 Å². The summed E-state index contributed by atoms with van der Waals surface area (Å²) in [6.07, 6.45) is 1.69. The molecular weight excluding hydrogens is 395 g/mol. The molecule has 0 bridgehead atoms. The highest BCUT2D eigenvalue weighted by molar-refractivity contribution is 6.37. The van der Waals surface area contributed by atoms with Crippen molar-refractivity contribution in [1.82, 2.24) is 19.4 Å². The van der Waals surface area contributed by atoms with Crippen molar-refractivity contribution >= 4 is 23.2 Å². The summed E-state index contributed by atoms with van der Waals surface area (Å²) in [7, 11) is 0. The molecule has 0 amide bonds. The third-order valence-electron chi connectivity index (χ3n) is 4.80. The second-order valence-corrected chi connectivity index (χ2v) is 7.40. The standard InChI is InChI=1S/C21H24Cl2N4O/c1-2-25-12-14-26(15-13-25)16-19-24-11-6-4-3-5-10-20(28)27(19)21-17(22)8-7-9-18(21)23/h3-11H,2,12-16H2,1H3. The molecule has 0 unspecified atom stereocenters. The van der Waals surface area contributed by atoms with E-state index in [-0.39, 0.29) is 5.56 Å². The summed E-state index contributed by atoms with van der Waals surface area (Å²) in [6, 6.07) is 13.9. The molecular formula is C21H24Cl2N4O. The third-order valence-corrected chi connectivity index (χ3v) is 5.41. The first-order valence-corrected chi connectivity index (χ1v) is 10.1. The van der Waals surface area contributed by atoms with Gasteiger partial charge in [-0.2, -0.15) is 0 Å². The summed E-state index contributed by atoms with van der Waals surface area (Å²) in [5.41, 5.74) is 0.227. The van der Waals surface area contributed by atoms with Crippen LogP contribution >= 0.6 is 23.2 Å². The average molecular weight is 419 g/mol. The fourth-order valence-corrected chi connectivity index (χ4v) is 3.79. The number of nitrogens with zero attached hydrogens (tertiary/aromatic N) is 4. The van der Waals surface area contributed by atoms with Crippen LogP contribution in [0, 0.1) is 0 Å². The molecule has 148 valence electrons. The summed E-state index contributed by atoms with van der Waals surface area (Å²) in [6.45, 7) is 7.61. The molecule has 7 heteroatoms. The number of aromatic nitrogens is 2. The normalized spacial score (nSPS) is 15.2. The largest absolute Gasteiger partial charge is 0.301 e. The number of piperazine rings is 1. The Kier molecular flexibility index (Phi) is 7.45. The van der Waals surface area contributed by atoms with Crippen LogP contribution in [-0.2, 0) is 6.54 Å². The van der Waals surface area contributed by atoms with Gasteiger partial charge in [-0.25, -0.2) is 4.98 Å².